The van der Waals surface area contributed by atoms with Crippen LogP contribution >= 0.6 is 11.3 Å². The van der Waals surface area contributed by atoms with Crippen LogP contribution in [-0.2, 0) is 19.6 Å². The lowest BCUT2D eigenvalue weighted by Gasteiger charge is -2.22. The van der Waals surface area contributed by atoms with Crippen molar-refractivity contribution < 1.29 is 4.92 Å². The van der Waals surface area contributed by atoms with Gasteiger partial charge in [0.2, 0.25) is 0 Å². The van der Waals surface area contributed by atoms with Crippen LogP contribution in [0.5, 0.6) is 0 Å². The number of aryl methyl sites for hydroxylation is 1. The molecule has 0 atom stereocenters. The second-order valence-corrected chi connectivity index (χ2v) is 7.26. The molecule has 3 aromatic rings. The highest BCUT2D eigenvalue weighted by molar-refractivity contribution is 7.15. The van der Waals surface area contributed by atoms with E-state index in [9.17, 15) is 10.1 Å². The summed E-state index contributed by atoms with van der Waals surface area (Å²) in [4.78, 5) is 13.9. The number of hydrogen-bond acceptors (Lipinski definition) is 4. The van der Waals surface area contributed by atoms with Crippen LogP contribution < -0.4 is 0 Å². The molecule has 0 N–H and O–H groups in total. The van der Waals surface area contributed by atoms with Gasteiger partial charge in [-0.2, -0.15) is 0 Å². The van der Waals surface area contributed by atoms with E-state index in [4.69, 9.17) is 0 Å². The van der Waals surface area contributed by atoms with Crippen molar-refractivity contribution in [2.75, 3.05) is 0 Å². The van der Waals surface area contributed by atoms with E-state index in [2.05, 4.69) is 48.2 Å². The van der Waals surface area contributed by atoms with Gasteiger partial charge in [0.25, 0.3) is 0 Å². The fourth-order valence-corrected chi connectivity index (χ4v) is 3.59. The highest BCUT2D eigenvalue weighted by Gasteiger charge is 2.14. The molecule has 0 aliphatic carbocycles. The van der Waals surface area contributed by atoms with Crippen LogP contribution in [0.4, 0.5) is 5.00 Å². The minimum absolute atomic E-state index is 0.199. The highest BCUT2D eigenvalue weighted by Crippen LogP contribution is 2.26. The van der Waals surface area contributed by atoms with Crippen molar-refractivity contribution in [3.63, 3.8) is 0 Å². The Bertz CT molecular complexity index is 828. The van der Waals surface area contributed by atoms with Crippen molar-refractivity contribution in [1.29, 1.82) is 0 Å². The van der Waals surface area contributed by atoms with Crippen LogP contribution in [-0.4, -0.2) is 9.82 Å². The molecule has 1 heterocycles. The molecule has 3 rings (SSSR count). The third kappa shape index (κ3) is 4.98. The Morgan fingerprint density at radius 1 is 0.880 bits per heavy atom. The molecule has 128 valence electrons. The molecule has 5 heteroatoms. The second kappa shape index (κ2) is 8.05. The lowest BCUT2D eigenvalue weighted by atomic mass is 10.1. The Hall–Kier alpha value is -2.50. The summed E-state index contributed by atoms with van der Waals surface area (Å²) in [5.41, 5.74) is 3.72. The van der Waals surface area contributed by atoms with Crippen molar-refractivity contribution in [2.45, 2.75) is 26.6 Å². The average molecular weight is 352 g/mol. The fraction of sp³-hybridized carbons (Fsp3) is 0.200. The van der Waals surface area contributed by atoms with Crippen molar-refractivity contribution in [1.82, 2.24) is 4.90 Å². The Morgan fingerprint density at radius 2 is 1.52 bits per heavy atom. The van der Waals surface area contributed by atoms with Gasteiger partial charge < -0.3 is 0 Å². The van der Waals surface area contributed by atoms with Gasteiger partial charge in [-0.25, -0.2) is 0 Å². The molecule has 25 heavy (non-hydrogen) atoms. The van der Waals surface area contributed by atoms with Crippen molar-refractivity contribution in [3.8, 4) is 0 Å². The first kappa shape index (κ1) is 17.3. The summed E-state index contributed by atoms with van der Waals surface area (Å²) < 4.78 is 0. The van der Waals surface area contributed by atoms with Crippen LogP contribution in [0.25, 0.3) is 0 Å². The highest BCUT2D eigenvalue weighted by atomic mass is 32.1. The first-order valence-electron chi connectivity index (χ1n) is 8.15. The molecule has 0 bridgehead atoms. The molecule has 0 amide bonds. The van der Waals surface area contributed by atoms with Gasteiger partial charge in [-0.3, -0.25) is 15.0 Å². The zero-order valence-electron chi connectivity index (χ0n) is 14.1. The predicted octanol–water partition coefficient (Wildman–Crippen LogP) is 5.17. The van der Waals surface area contributed by atoms with E-state index in [1.54, 1.807) is 6.07 Å². The molecule has 0 saturated heterocycles. The van der Waals surface area contributed by atoms with E-state index in [1.165, 1.54) is 28.0 Å². The smallest absolute Gasteiger partial charge is 0.290 e. The third-order valence-electron chi connectivity index (χ3n) is 3.98. The number of nitrogens with zero attached hydrogens (tertiary/aromatic N) is 2. The molecule has 0 spiro atoms. The summed E-state index contributed by atoms with van der Waals surface area (Å²) in [5.74, 6) is 0. The predicted molar refractivity (Wildman–Crippen MR) is 102 cm³/mol. The third-order valence-corrected chi connectivity index (χ3v) is 5.00. The van der Waals surface area contributed by atoms with Crippen molar-refractivity contribution in [2.24, 2.45) is 0 Å². The number of nitro groups is 1. The SMILES string of the molecule is Cc1ccc(CN(Cc2ccccc2)Cc2ccc([N+](=O)[O-])s2)cc1. The van der Waals surface area contributed by atoms with E-state index in [1.807, 2.05) is 24.3 Å². The van der Waals surface area contributed by atoms with Crippen molar-refractivity contribution >= 4 is 16.3 Å². The summed E-state index contributed by atoms with van der Waals surface area (Å²) >= 11 is 1.25. The van der Waals surface area contributed by atoms with Gasteiger partial charge in [0, 0.05) is 30.6 Å². The van der Waals surface area contributed by atoms with E-state index < -0.39 is 0 Å². The van der Waals surface area contributed by atoms with Crippen molar-refractivity contribution in [3.05, 3.63) is 98.4 Å². The molecular formula is C20H20N2O2S. The van der Waals surface area contributed by atoms with Crippen LogP contribution in [0.15, 0.2) is 66.7 Å². The van der Waals surface area contributed by atoms with E-state index in [0.717, 1.165) is 18.0 Å². The fourth-order valence-electron chi connectivity index (χ4n) is 2.73. The van der Waals surface area contributed by atoms with Gasteiger partial charge in [0.15, 0.2) is 0 Å². The normalized spacial score (nSPS) is 11.0. The summed E-state index contributed by atoms with van der Waals surface area (Å²) in [7, 11) is 0. The molecule has 2 aromatic carbocycles. The zero-order valence-corrected chi connectivity index (χ0v) is 14.9. The molecular weight excluding hydrogens is 332 g/mol. The van der Waals surface area contributed by atoms with Gasteiger partial charge in [0.1, 0.15) is 0 Å². The Balaban J connectivity index is 1.77. The maximum Gasteiger partial charge on any atom is 0.324 e. The summed E-state index contributed by atoms with van der Waals surface area (Å²) in [6, 6.07) is 22.3. The van der Waals surface area contributed by atoms with Gasteiger partial charge in [-0.1, -0.05) is 71.5 Å². The Kier molecular flexibility index (Phi) is 5.58. The van der Waals surface area contributed by atoms with E-state index in [-0.39, 0.29) is 9.92 Å². The Morgan fingerprint density at radius 3 is 2.12 bits per heavy atom. The van der Waals surface area contributed by atoms with Gasteiger partial charge in [-0.05, 0) is 24.1 Å². The van der Waals surface area contributed by atoms with Crippen LogP contribution in [0.1, 0.15) is 21.6 Å². The molecule has 0 fully saturated rings. The quantitative estimate of drug-likeness (QED) is 0.435. The summed E-state index contributed by atoms with van der Waals surface area (Å²) in [6.45, 7) is 4.39. The monoisotopic (exact) mass is 352 g/mol. The Labute approximate surface area is 151 Å². The number of thiophene rings is 1. The molecule has 0 unspecified atom stereocenters. The van der Waals surface area contributed by atoms with E-state index in [0.29, 0.717) is 6.54 Å². The van der Waals surface area contributed by atoms with Gasteiger partial charge in [0.05, 0.1) is 4.92 Å². The molecule has 4 nitrogen and oxygen atoms in total. The molecule has 0 aliphatic rings. The zero-order chi connectivity index (χ0) is 17.6. The first-order chi connectivity index (χ1) is 12.1. The minimum Gasteiger partial charge on any atom is -0.290 e. The minimum atomic E-state index is -0.324. The summed E-state index contributed by atoms with van der Waals surface area (Å²) in [6.07, 6.45) is 0. The second-order valence-electron chi connectivity index (χ2n) is 6.11. The number of benzene rings is 2. The molecule has 0 saturated carbocycles. The van der Waals surface area contributed by atoms with Crippen LogP contribution in [0, 0.1) is 17.0 Å². The first-order valence-corrected chi connectivity index (χ1v) is 8.97. The average Bonchev–Trinajstić information content (AvgIpc) is 3.07. The summed E-state index contributed by atoms with van der Waals surface area (Å²) in [5, 5.41) is 11.1. The lowest BCUT2D eigenvalue weighted by Crippen LogP contribution is -2.21. The largest absolute Gasteiger partial charge is 0.324 e. The van der Waals surface area contributed by atoms with Gasteiger partial charge in [-0.15, -0.1) is 0 Å². The van der Waals surface area contributed by atoms with Gasteiger partial charge >= 0.3 is 5.00 Å². The number of rotatable bonds is 7. The lowest BCUT2D eigenvalue weighted by molar-refractivity contribution is -0.380. The van der Waals surface area contributed by atoms with E-state index >= 15 is 0 Å². The topological polar surface area (TPSA) is 46.4 Å². The number of hydrogen-bond donors (Lipinski definition) is 0. The molecule has 1 aromatic heterocycles. The molecule has 0 radical (unpaired) electrons. The maximum atomic E-state index is 10.9. The van der Waals surface area contributed by atoms with Crippen LogP contribution in [0.3, 0.4) is 0 Å². The maximum absolute atomic E-state index is 10.9. The molecule has 0 aliphatic heterocycles. The standard InChI is InChI=1S/C20H20N2O2S/c1-16-7-9-18(10-8-16)14-21(13-17-5-3-2-4-6-17)15-19-11-12-20(25-19)22(23)24/h2-12H,13-15H2,1H3. The van der Waals surface area contributed by atoms with Crippen LogP contribution in [0.2, 0.25) is 0 Å².